The molecule has 2 saturated heterocycles. The van der Waals surface area contributed by atoms with Crippen LogP contribution in [-0.2, 0) is 9.59 Å². The predicted octanol–water partition coefficient (Wildman–Crippen LogP) is 3.44. The third-order valence-corrected chi connectivity index (χ3v) is 7.17. The Balaban J connectivity index is 1.24. The minimum atomic E-state index is -0.829. The van der Waals surface area contributed by atoms with Gasteiger partial charge < -0.3 is 4.74 Å². The fourth-order valence-corrected chi connectivity index (χ4v) is 5.31. The summed E-state index contributed by atoms with van der Waals surface area (Å²) < 4.78 is 6.30. The highest BCUT2D eigenvalue weighted by molar-refractivity contribution is 7.18. The molecule has 0 radical (unpaired) electrons. The summed E-state index contributed by atoms with van der Waals surface area (Å²) in [4.78, 5) is 46.7. The molecule has 0 aliphatic carbocycles. The number of fused-ring (bicyclic) bond motifs is 1. The number of rotatable bonds is 5. The Morgan fingerprint density at radius 2 is 1.72 bits per heavy atom. The van der Waals surface area contributed by atoms with Crippen molar-refractivity contribution in [3.05, 3.63) is 53.5 Å². The van der Waals surface area contributed by atoms with Crippen molar-refractivity contribution >= 4 is 45.1 Å². The number of thiazole rings is 1. The summed E-state index contributed by atoms with van der Waals surface area (Å²) in [7, 11) is 1.53. The summed E-state index contributed by atoms with van der Waals surface area (Å²) >= 11 is 1.73. The molecule has 2 aromatic carbocycles. The number of benzene rings is 2. The predicted molar refractivity (Wildman–Crippen MR) is 121 cm³/mol. The molecule has 2 aliphatic rings. The summed E-state index contributed by atoms with van der Waals surface area (Å²) in [6.45, 7) is 1.57. The van der Waals surface area contributed by atoms with Crippen LogP contribution in [0, 0.1) is 0 Å². The molecule has 8 nitrogen and oxygen atoms in total. The second-order valence-corrected chi connectivity index (χ2v) is 8.97. The molecule has 9 heteroatoms. The maximum atomic E-state index is 12.9. The average molecular weight is 451 g/mol. The van der Waals surface area contributed by atoms with Gasteiger partial charge in [-0.1, -0.05) is 12.1 Å². The van der Waals surface area contributed by atoms with Crippen molar-refractivity contribution < 1.29 is 19.1 Å². The van der Waals surface area contributed by atoms with Gasteiger partial charge in [0.15, 0.2) is 0 Å². The third kappa shape index (κ3) is 3.63. The van der Waals surface area contributed by atoms with Crippen molar-refractivity contribution in [3.63, 3.8) is 0 Å². The first-order valence-electron chi connectivity index (χ1n) is 10.5. The number of aromatic nitrogens is 1. The molecule has 3 aromatic rings. The van der Waals surface area contributed by atoms with Gasteiger partial charge in [-0.2, -0.15) is 0 Å². The normalized spacial score (nSPS) is 18.2. The fourth-order valence-electron chi connectivity index (χ4n) is 4.18. The van der Waals surface area contributed by atoms with E-state index >= 15 is 0 Å². The number of likely N-dealkylation sites (tertiary alicyclic amines) is 1. The van der Waals surface area contributed by atoms with E-state index in [1.807, 2.05) is 23.1 Å². The Morgan fingerprint density at radius 3 is 2.41 bits per heavy atom. The molecule has 32 heavy (non-hydrogen) atoms. The molecular weight excluding hydrogens is 428 g/mol. The number of hydrogen-bond donors (Lipinski definition) is 0. The van der Waals surface area contributed by atoms with Gasteiger partial charge in [0, 0.05) is 19.0 Å². The Bertz CT molecular complexity index is 1150. The number of nitrogens with zero attached hydrogens (tertiary/aromatic N) is 4. The molecule has 0 saturated carbocycles. The van der Waals surface area contributed by atoms with E-state index in [-0.39, 0.29) is 6.67 Å². The number of carbonyl (C=O) groups is 3. The van der Waals surface area contributed by atoms with E-state index in [1.165, 1.54) is 11.8 Å². The lowest BCUT2D eigenvalue weighted by Gasteiger charge is -2.32. The van der Waals surface area contributed by atoms with Crippen LogP contribution in [0.3, 0.4) is 0 Å². The quantitative estimate of drug-likeness (QED) is 0.438. The molecule has 164 valence electrons. The van der Waals surface area contributed by atoms with E-state index in [1.54, 1.807) is 35.6 Å². The first-order valence-corrected chi connectivity index (χ1v) is 11.3. The minimum absolute atomic E-state index is 0.114. The van der Waals surface area contributed by atoms with Crippen molar-refractivity contribution in [3.8, 4) is 5.75 Å². The van der Waals surface area contributed by atoms with Crippen molar-refractivity contribution in [2.75, 3.05) is 31.8 Å². The Kier molecular flexibility index (Phi) is 5.36. The average Bonchev–Trinajstić information content (AvgIpc) is 3.35. The number of imide groups is 2. The lowest BCUT2D eigenvalue weighted by molar-refractivity contribution is -0.140. The van der Waals surface area contributed by atoms with Crippen LogP contribution < -0.4 is 9.64 Å². The lowest BCUT2D eigenvalue weighted by atomic mass is 9.98. The fraction of sp³-hybridized carbons (Fsp3) is 0.304. The van der Waals surface area contributed by atoms with E-state index in [2.05, 4.69) is 6.07 Å². The summed E-state index contributed by atoms with van der Waals surface area (Å²) in [5.74, 6) is -0.651. The molecule has 2 fully saturated rings. The maximum absolute atomic E-state index is 12.9. The van der Waals surface area contributed by atoms with Crippen LogP contribution in [0.25, 0.3) is 10.2 Å². The highest BCUT2D eigenvalue weighted by Gasteiger charge is 2.46. The van der Waals surface area contributed by atoms with Gasteiger partial charge >= 0.3 is 17.8 Å². The SMILES string of the molecule is COc1ccc(N2C(=O)C(=O)N(CN3CCC(c4nc5ccccc5s4)CC3)C2=O)cc1. The van der Waals surface area contributed by atoms with Crippen molar-refractivity contribution in [1.29, 1.82) is 0 Å². The minimum Gasteiger partial charge on any atom is -0.497 e. The van der Waals surface area contributed by atoms with Gasteiger partial charge in [-0.3, -0.25) is 14.5 Å². The van der Waals surface area contributed by atoms with E-state index in [0.717, 1.165) is 46.3 Å². The summed E-state index contributed by atoms with van der Waals surface area (Å²) in [5, 5.41) is 1.14. The number of anilines is 1. The molecule has 0 bridgehead atoms. The second-order valence-electron chi connectivity index (χ2n) is 7.91. The number of carbonyl (C=O) groups excluding carboxylic acids is 3. The Labute approximate surface area is 189 Å². The molecule has 2 aliphatic heterocycles. The van der Waals surface area contributed by atoms with Gasteiger partial charge in [0.25, 0.3) is 0 Å². The zero-order valence-corrected chi connectivity index (χ0v) is 18.4. The number of piperidine rings is 1. The molecule has 3 heterocycles. The zero-order chi connectivity index (χ0) is 22.2. The van der Waals surface area contributed by atoms with Crippen LogP contribution in [0.5, 0.6) is 5.75 Å². The van der Waals surface area contributed by atoms with Gasteiger partial charge in [0.05, 0.1) is 34.7 Å². The van der Waals surface area contributed by atoms with E-state index in [9.17, 15) is 14.4 Å². The molecular formula is C23H22N4O4S. The molecule has 1 aromatic heterocycles. The van der Waals surface area contributed by atoms with Gasteiger partial charge in [0.2, 0.25) is 0 Å². The molecule has 0 atom stereocenters. The van der Waals surface area contributed by atoms with Crippen LogP contribution in [0.2, 0.25) is 0 Å². The van der Waals surface area contributed by atoms with E-state index in [4.69, 9.17) is 9.72 Å². The monoisotopic (exact) mass is 450 g/mol. The highest BCUT2D eigenvalue weighted by Crippen LogP contribution is 2.34. The lowest BCUT2D eigenvalue weighted by Crippen LogP contribution is -2.45. The molecule has 4 amide bonds. The first kappa shape index (κ1) is 20.6. The number of urea groups is 1. The van der Waals surface area contributed by atoms with Crippen LogP contribution >= 0.6 is 11.3 Å². The first-order chi connectivity index (χ1) is 15.5. The van der Waals surface area contributed by atoms with Crippen molar-refractivity contribution in [2.45, 2.75) is 18.8 Å². The molecule has 0 N–H and O–H groups in total. The van der Waals surface area contributed by atoms with Gasteiger partial charge in [-0.05, 0) is 49.2 Å². The number of methoxy groups -OCH3 is 1. The van der Waals surface area contributed by atoms with Gasteiger partial charge in [-0.15, -0.1) is 11.3 Å². The van der Waals surface area contributed by atoms with Crippen LogP contribution in [0.4, 0.5) is 10.5 Å². The zero-order valence-electron chi connectivity index (χ0n) is 17.6. The Morgan fingerprint density at radius 1 is 1.00 bits per heavy atom. The van der Waals surface area contributed by atoms with Crippen molar-refractivity contribution in [2.24, 2.45) is 0 Å². The number of ether oxygens (including phenoxy) is 1. The maximum Gasteiger partial charge on any atom is 0.340 e. The van der Waals surface area contributed by atoms with Crippen molar-refractivity contribution in [1.82, 2.24) is 14.8 Å². The smallest absolute Gasteiger partial charge is 0.340 e. The molecule has 0 spiro atoms. The largest absolute Gasteiger partial charge is 0.497 e. The van der Waals surface area contributed by atoms with E-state index in [0.29, 0.717) is 17.4 Å². The second kappa shape index (κ2) is 8.33. The molecule has 5 rings (SSSR count). The van der Waals surface area contributed by atoms with Crippen LogP contribution in [0.1, 0.15) is 23.8 Å². The number of amides is 4. The number of para-hydroxylation sites is 1. The highest BCUT2D eigenvalue weighted by atomic mass is 32.1. The van der Waals surface area contributed by atoms with Crippen LogP contribution in [0.15, 0.2) is 48.5 Å². The topological polar surface area (TPSA) is 83.1 Å². The standard InChI is InChI=1S/C23H22N4O4S/c1-31-17-8-6-16(7-9-17)27-22(29)21(28)26(23(27)30)14-25-12-10-15(11-13-25)20-24-18-4-2-3-5-19(18)32-20/h2-9,15H,10-14H2,1H3. The van der Waals surface area contributed by atoms with Crippen LogP contribution in [-0.4, -0.2) is 59.5 Å². The summed E-state index contributed by atoms with van der Waals surface area (Å²) in [6, 6.07) is 14.0. The summed E-state index contributed by atoms with van der Waals surface area (Å²) in [5.41, 5.74) is 1.38. The molecule has 0 unspecified atom stereocenters. The van der Waals surface area contributed by atoms with Gasteiger partial charge in [-0.25, -0.2) is 19.6 Å². The third-order valence-electron chi connectivity index (χ3n) is 5.97. The van der Waals surface area contributed by atoms with Gasteiger partial charge in [0.1, 0.15) is 5.75 Å². The Hall–Kier alpha value is -3.30. The summed E-state index contributed by atoms with van der Waals surface area (Å²) in [6.07, 6.45) is 1.79. The van der Waals surface area contributed by atoms with E-state index < -0.39 is 17.8 Å². The number of hydrogen-bond acceptors (Lipinski definition) is 7.